The highest BCUT2D eigenvalue weighted by Gasteiger charge is 2.32. The van der Waals surface area contributed by atoms with Crippen LogP contribution in [0.15, 0.2) is 36.4 Å². The van der Waals surface area contributed by atoms with Gasteiger partial charge in [0.15, 0.2) is 6.61 Å². The maximum atomic E-state index is 12.1. The van der Waals surface area contributed by atoms with Gasteiger partial charge in [0, 0.05) is 18.8 Å². The number of carbonyl (C=O) groups excluding carboxylic acids is 3. The molecule has 9 nitrogen and oxygen atoms in total. The molecule has 0 fully saturated rings. The first-order valence-corrected chi connectivity index (χ1v) is 7.92. The SMILES string of the molecule is Cc1ccc([N+](=O)[O-])cc1OCC(=O)Nc1ccc2c(c1)C(=O)N(C)C2=O. The predicted octanol–water partition coefficient (Wildman–Crippen LogP) is 2.15. The molecule has 27 heavy (non-hydrogen) atoms. The predicted molar refractivity (Wildman–Crippen MR) is 94.8 cm³/mol. The van der Waals surface area contributed by atoms with Crippen LogP contribution in [0.5, 0.6) is 5.75 Å². The van der Waals surface area contributed by atoms with Gasteiger partial charge in [-0.05, 0) is 36.8 Å². The van der Waals surface area contributed by atoms with Crippen molar-refractivity contribution >= 4 is 29.1 Å². The molecule has 0 unspecified atom stereocenters. The van der Waals surface area contributed by atoms with Crippen LogP contribution in [0.1, 0.15) is 26.3 Å². The van der Waals surface area contributed by atoms with Gasteiger partial charge in [-0.1, -0.05) is 0 Å². The molecule has 0 saturated carbocycles. The van der Waals surface area contributed by atoms with Crippen LogP contribution in [0.25, 0.3) is 0 Å². The van der Waals surface area contributed by atoms with Crippen molar-refractivity contribution in [2.45, 2.75) is 6.92 Å². The number of imide groups is 1. The normalized spacial score (nSPS) is 12.7. The topological polar surface area (TPSA) is 119 Å². The number of nitrogens with zero attached hydrogens (tertiary/aromatic N) is 2. The average molecular weight is 369 g/mol. The second-order valence-electron chi connectivity index (χ2n) is 5.97. The molecule has 1 aliphatic heterocycles. The molecule has 1 heterocycles. The van der Waals surface area contributed by atoms with E-state index in [1.165, 1.54) is 43.4 Å². The van der Waals surface area contributed by atoms with Crippen molar-refractivity contribution in [1.29, 1.82) is 0 Å². The maximum Gasteiger partial charge on any atom is 0.273 e. The molecule has 0 spiro atoms. The van der Waals surface area contributed by atoms with Crippen LogP contribution in [0.4, 0.5) is 11.4 Å². The van der Waals surface area contributed by atoms with E-state index in [0.717, 1.165) is 4.90 Å². The number of non-ortho nitro benzene ring substituents is 1. The molecule has 138 valence electrons. The molecule has 0 bridgehead atoms. The molecule has 0 aliphatic carbocycles. The zero-order chi connectivity index (χ0) is 19.7. The van der Waals surface area contributed by atoms with Crippen molar-refractivity contribution in [1.82, 2.24) is 4.90 Å². The molecule has 0 radical (unpaired) electrons. The lowest BCUT2D eigenvalue weighted by Gasteiger charge is -2.10. The van der Waals surface area contributed by atoms with Gasteiger partial charge in [0.25, 0.3) is 23.4 Å². The minimum Gasteiger partial charge on any atom is -0.483 e. The standard InChI is InChI=1S/C18H15N3O6/c1-10-3-5-12(21(25)26)8-15(10)27-9-16(22)19-11-4-6-13-14(7-11)18(24)20(2)17(13)23/h3-8H,9H2,1-2H3,(H,19,22). The summed E-state index contributed by atoms with van der Waals surface area (Å²) in [6.07, 6.45) is 0. The first-order valence-electron chi connectivity index (χ1n) is 7.92. The Hall–Kier alpha value is -3.75. The van der Waals surface area contributed by atoms with Crippen LogP contribution < -0.4 is 10.1 Å². The summed E-state index contributed by atoms with van der Waals surface area (Å²) in [5, 5.41) is 13.4. The van der Waals surface area contributed by atoms with Gasteiger partial charge in [0.1, 0.15) is 5.75 Å². The molecule has 0 saturated heterocycles. The van der Waals surface area contributed by atoms with Gasteiger partial charge in [-0.15, -0.1) is 0 Å². The number of carbonyl (C=O) groups is 3. The van der Waals surface area contributed by atoms with Crippen molar-refractivity contribution < 1.29 is 24.0 Å². The highest BCUT2D eigenvalue weighted by Crippen LogP contribution is 2.26. The van der Waals surface area contributed by atoms with Crippen LogP contribution >= 0.6 is 0 Å². The smallest absolute Gasteiger partial charge is 0.273 e. The van der Waals surface area contributed by atoms with E-state index in [-0.39, 0.29) is 29.2 Å². The van der Waals surface area contributed by atoms with E-state index < -0.39 is 22.6 Å². The Morgan fingerprint density at radius 2 is 1.85 bits per heavy atom. The molecule has 3 rings (SSSR count). The molecule has 2 aromatic carbocycles. The summed E-state index contributed by atoms with van der Waals surface area (Å²) in [6, 6.07) is 8.54. The number of fused-ring (bicyclic) bond motifs is 1. The number of benzene rings is 2. The van der Waals surface area contributed by atoms with Crippen molar-refractivity contribution in [2.75, 3.05) is 19.0 Å². The third-order valence-electron chi connectivity index (χ3n) is 4.11. The van der Waals surface area contributed by atoms with Gasteiger partial charge in [-0.2, -0.15) is 0 Å². The van der Waals surface area contributed by atoms with Gasteiger partial charge >= 0.3 is 0 Å². The summed E-state index contributed by atoms with van der Waals surface area (Å²) >= 11 is 0. The van der Waals surface area contributed by atoms with E-state index in [9.17, 15) is 24.5 Å². The summed E-state index contributed by atoms with van der Waals surface area (Å²) < 4.78 is 5.36. The van der Waals surface area contributed by atoms with E-state index >= 15 is 0 Å². The van der Waals surface area contributed by atoms with Crippen molar-refractivity contribution in [3.05, 3.63) is 63.2 Å². The Bertz CT molecular complexity index is 985. The first kappa shape index (κ1) is 18.1. The fraction of sp³-hybridized carbons (Fsp3) is 0.167. The van der Waals surface area contributed by atoms with E-state index in [1.807, 2.05) is 0 Å². The number of hydrogen-bond acceptors (Lipinski definition) is 6. The van der Waals surface area contributed by atoms with E-state index in [4.69, 9.17) is 4.74 Å². The zero-order valence-corrected chi connectivity index (χ0v) is 14.5. The number of ether oxygens (including phenoxy) is 1. The molecule has 1 N–H and O–H groups in total. The first-order chi connectivity index (χ1) is 12.8. The van der Waals surface area contributed by atoms with E-state index in [0.29, 0.717) is 11.3 Å². The Morgan fingerprint density at radius 1 is 1.15 bits per heavy atom. The average Bonchev–Trinajstić information content (AvgIpc) is 2.85. The molecule has 0 atom stereocenters. The van der Waals surface area contributed by atoms with Gasteiger partial charge in [-0.25, -0.2) is 0 Å². The molecular formula is C18H15N3O6. The van der Waals surface area contributed by atoms with Crippen LogP contribution in [-0.2, 0) is 4.79 Å². The number of anilines is 1. The molecule has 0 aromatic heterocycles. The number of nitro groups is 1. The number of nitro benzene ring substituents is 1. The quantitative estimate of drug-likeness (QED) is 0.490. The minimum absolute atomic E-state index is 0.137. The summed E-state index contributed by atoms with van der Waals surface area (Å²) in [5.41, 5.74) is 1.36. The minimum atomic E-state index is -0.549. The highest BCUT2D eigenvalue weighted by molar-refractivity contribution is 6.21. The summed E-state index contributed by atoms with van der Waals surface area (Å²) in [6.45, 7) is 1.34. The summed E-state index contributed by atoms with van der Waals surface area (Å²) in [4.78, 5) is 47.2. The van der Waals surface area contributed by atoms with E-state index in [1.54, 1.807) is 6.92 Å². The fourth-order valence-electron chi connectivity index (χ4n) is 2.64. The van der Waals surface area contributed by atoms with Crippen LogP contribution in [0.3, 0.4) is 0 Å². The molecule has 2 aromatic rings. The van der Waals surface area contributed by atoms with Crippen LogP contribution in [0.2, 0.25) is 0 Å². The summed E-state index contributed by atoms with van der Waals surface area (Å²) in [5.74, 6) is -1.10. The third-order valence-corrected chi connectivity index (χ3v) is 4.11. The zero-order valence-electron chi connectivity index (χ0n) is 14.5. The van der Waals surface area contributed by atoms with Gasteiger partial charge in [0.05, 0.1) is 22.1 Å². The second kappa shape index (κ2) is 6.87. The van der Waals surface area contributed by atoms with Gasteiger partial charge < -0.3 is 10.1 Å². The van der Waals surface area contributed by atoms with E-state index in [2.05, 4.69) is 5.32 Å². The summed E-state index contributed by atoms with van der Waals surface area (Å²) in [7, 11) is 1.39. The molecular weight excluding hydrogens is 354 g/mol. The number of nitrogens with one attached hydrogen (secondary N) is 1. The lowest BCUT2D eigenvalue weighted by molar-refractivity contribution is -0.384. The van der Waals surface area contributed by atoms with Crippen molar-refractivity contribution in [3.8, 4) is 5.75 Å². The van der Waals surface area contributed by atoms with Crippen LogP contribution in [-0.4, -0.2) is 41.2 Å². The molecule has 1 aliphatic rings. The Kier molecular flexibility index (Phi) is 4.59. The third kappa shape index (κ3) is 3.47. The van der Waals surface area contributed by atoms with Crippen molar-refractivity contribution in [2.24, 2.45) is 0 Å². The van der Waals surface area contributed by atoms with Crippen LogP contribution in [0, 0.1) is 17.0 Å². The molecule has 3 amide bonds. The monoisotopic (exact) mass is 369 g/mol. The Balaban J connectivity index is 1.68. The second-order valence-corrected chi connectivity index (χ2v) is 5.97. The Morgan fingerprint density at radius 3 is 2.56 bits per heavy atom. The van der Waals surface area contributed by atoms with Gasteiger partial charge in [0.2, 0.25) is 0 Å². The maximum absolute atomic E-state index is 12.1. The van der Waals surface area contributed by atoms with Crippen molar-refractivity contribution in [3.63, 3.8) is 0 Å². The number of amides is 3. The number of rotatable bonds is 5. The lowest BCUT2D eigenvalue weighted by atomic mass is 10.1. The van der Waals surface area contributed by atoms with Gasteiger partial charge in [-0.3, -0.25) is 29.4 Å². The number of aryl methyl sites for hydroxylation is 1. The number of hydrogen-bond donors (Lipinski definition) is 1. The Labute approximate surface area is 153 Å². The lowest BCUT2D eigenvalue weighted by Crippen LogP contribution is -2.24. The highest BCUT2D eigenvalue weighted by atomic mass is 16.6. The fourth-order valence-corrected chi connectivity index (χ4v) is 2.64. The molecule has 9 heteroatoms. The largest absolute Gasteiger partial charge is 0.483 e.